The van der Waals surface area contributed by atoms with Gasteiger partial charge in [-0.05, 0) is 35.9 Å². The predicted octanol–water partition coefficient (Wildman–Crippen LogP) is 2.49. The Hall–Kier alpha value is -1.96. The molecule has 2 aliphatic rings. The molecule has 2 aromatic rings. The molecule has 2 fully saturated rings. The van der Waals surface area contributed by atoms with Crippen LogP contribution in [-0.4, -0.2) is 49.4 Å². The van der Waals surface area contributed by atoms with Crippen molar-refractivity contribution in [1.29, 1.82) is 0 Å². The maximum atomic E-state index is 13.2. The first-order chi connectivity index (χ1) is 12.8. The molecule has 0 aliphatic carbocycles. The summed E-state index contributed by atoms with van der Waals surface area (Å²) in [5, 5.41) is 0.492. The zero-order valence-corrected chi connectivity index (χ0v) is 16.0. The van der Waals surface area contributed by atoms with E-state index in [1.54, 1.807) is 41.3 Å². The smallest absolute Gasteiger partial charge is 0.241 e. The molecule has 142 valence electrons. The minimum atomic E-state index is -3.26. The van der Waals surface area contributed by atoms with Gasteiger partial charge in [-0.2, -0.15) is 0 Å². The highest BCUT2D eigenvalue weighted by atomic mass is 35.5. The van der Waals surface area contributed by atoms with Gasteiger partial charge in [0.05, 0.1) is 24.1 Å². The van der Waals surface area contributed by atoms with Gasteiger partial charge in [0.2, 0.25) is 5.91 Å². The van der Waals surface area contributed by atoms with E-state index < -0.39 is 15.9 Å². The number of rotatable bonds is 3. The van der Waals surface area contributed by atoms with Crippen LogP contribution < -0.4 is 4.90 Å². The lowest BCUT2D eigenvalue weighted by Crippen LogP contribution is -2.61. The molecule has 0 radical (unpaired) electrons. The van der Waals surface area contributed by atoms with E-state index in [9.17, 15) is 17.6 Å². The third kappa shape index (κ3) is 3.72. The second-order valence-electron chi connectivity index (χ2n) is 6.99. The Balaban J connectivity index is 1.66. The average molecular weight is 409 g/mol. The number of carbonyl (C=O) groups excluding carboxylic acids is 1. The van der Waals surface area contributed by atoms with Gasteiger partial charge < -0.3 is 4.90 Å². The normalized spacial score (nSPS) is 24.8. The molecule has 1 amide bonds. The topological polar surface area (TPSA) is 57.7 Å². The van der Waals surface area contributed by atoms with Crippen LogP contribution in [0.2, 0.25) is 5.02 Å². The van der Waals surface area contributed by atoms with Crippen LogP contribution in [0, 0.1) is 5.82 Å². The minimum Gasteiger partial charge on any atom is -0.306 e. The third-order valence-electron chi connectivity index (χ3n) is 5.09. The molecule has 8 heteroatoms. The van der Waals surface area contributed by atoms with Crippen LogP contribution in [0.1, 0.15) is 5.56 Å². The number of carbonyl (C=O) groups is 1. The Morgan fingerprint density at radius 3 is 2.48 bits per heavy atom. The quantitative estimate of drug-likeness (QED) is 0.783. The number of sulfone groups is 1. The molecule has 0 aromatic heterocycles. The Morgan fingerprint density at radius 1 is 1.07 bits per heavy atom. The van der Waals surface area contributed by atoms with Crippen molar-refractivity contribution in [2.45, 2.75) is 18.6 Å². The molecular weight excluding hydrogens is 391 g/mol. The fraction of sp³-hybridized carbons (Fsp3) is 0.316. The number of fused-ring (bicyclic) bond motifs is 1. The molecule has 27 heavy (non-hydrogen) atoms. The maximum Gasteiger partial charge on any atom is 0.241 e. The van der Waals surface area contributed by atoms with E-state index in [1.165, 1.54) is 12.1 Å². The van der Waals surface area contributed by atoms with Crippen molar-refractivity contribution < 1.29 is 17.6 Å². The van der Waals surface area contributed by atoms with Gasteiger partial charge >= 0.3 is 0 Å². The number of hydrogen-bond acceptors (Lipinski definition) is 4. The van der Waals surface area contributed by atoms with E-state index in [4.69, 9.17) is 11.6 Å². The first-order valence-electron chi connectivity index (χ1n) is 8.59. The summed E-state index contributed by atoms with van der Waals surface area (Å²) < 4.78 is 37.9. The molecule has 2 aliphatic heterocycles. The molecular formula is C19H18ClFN2O3S. The standard InChI is InChI=1S/C19H18ClFN2O3S/c20-14-2-1-3-16(8-14)23-18-12-27(25,26)11-17(18)22(10-19(23)24)9-13-4-6-15(21)7-5-13/h1-8,17-18H,9-12H2. The maximum absolute atomic E-state index is 13.2. The first-order valence-corrected chi connectivity index (χ1v) is 10.8. The summed E-state index contributed by atoms with van der Waals surface area (Å²) in [4.78, 5) is 16.4. The highest BCUT2D eigenvalue weighted by Gasteiger charge is 2.49. The summed E-state index contributed by atoms with van der Waals surface area (Å²) in [5.41, 5.74) is 1.45. The van der Waals surface area contributed by atoms with Gasteiger partial charge in [-0.15, -0.1) is 0 Å². The Bertz CT molecular complexity index is 981. The third-order valence-corrected chi connectivity index (χ3v) is 7.02. The van der Waals surface area contributed by atoms with Gasteiger partial charge in [-0.25, -0.2) is 12.8 Å². The summed E-state index contributed by atoms with van der Waals surface area (Å²) >= 11 is 6.06. The molecule has 2 aromatic carbocycles. The zero-order valence-electron chi connectivity index (χ0n) is 14.4. The molecule has 0 N–H and O–H groups in total. The van der Waals surface area contributed by atoms with E-state index in [2.05, 4.69) is 0 Å². The zero-order chi connectivity index (χ0) is 19.2. The van der Waals surface area contributed by atoms with E-state index in [1.807, 2.05) is 4.90 Å². The van der Waals surface area contributed by atoms with Crippen LogP contribution in [0.15, 0.2) is 48.5 Å². The largest absolute Gasteiger partial charge is 0.306 e. The molecule has 0 spiro atoms. The van der Waals surface area contributed by atoms with Gasteiger partial charge in [0.1, 0.15) is 5.82 Å². The van der Waals surface area contributed by atoms with Crippen molar-refractivity contribution >= 4 is 33.0 Å². The molecule has 2 atom stereocenters. The van der Waals surface area contributed by atoms with E-state index in [0.29, 0.717) is 17.3 Å². The summed E-state index contributed by atoms with van der Waals surface area (Å²) in [7, 11) is -3.26. The predicted molar refractivity (Wildman–Crippen MR) is 102 cm³/mol. The van der Waals surface area contributed by atoms with Gasteiger partial charge in [0.25, 0.3) is 0 Å². The van der Waals surface area contributed by atoms with Crippen LogP contribution in [0.4, 0.5) is 10.1 Å². The lowest BCUT2D eigenvalue weighted by atomic mass is 10.0. The van der Waals surface area contributed by atoms with Crippen LogP contribution in [-0.2, 0) is 21.2 Å². The van der Waals surface area contributed by atoms with Gasteiger partial charge in [-0.3, -0.25) is 9.69 Å². The average Bonchev–Trinajstić information content (AvgIpc) is 2.92. The van der Waals surface area contributed by atoms with Gasteiger partial charge in [0.15, 0.2) is 9.84 Å². The van der Waals surface area contributed by atoms with E-state index in [0.717, 1.165) is 5.56 Å². The number of anilines is 1. The highest BCUT2D eigenvalue weighted by Crippen LogP contribution is 2.33. The van der Waals surface area contributed by atoms with E-state index >= 15 is 0 Å². The highest BCUT2D eigenvalue weighted by molar-refractivity contribution is 7.91. The molecule has 5 nitrogen and oxygen atoms in total. The number of nitrogens with zero attached hydrogens (tertiary/aromatic N) is 2. The number of amides is 1. The summed E-state index contributed by atoms with van der Waals surface area (Å²) in [6, 6.07) is 12.2. The summed E-state index contributed by atoms with van der Waals surface area (Å²) in [6.45, 7) is 0.493. The summed E-state index contributed by atoms with van der Waals surface area (Å²) in [6.07, 6.45) is 0. The monoisotopic (exact) mass is 408 g/mol. The molecule has 2 unspecified atom stereocenters. The fourth-order valence-corrected chi connectivity index (χ4v) is 6.08. The second kappa shape index (κ2) is 6.89. The molecule has 2 saturated heterocycles. The number of piperazine rings is 1. The number of hydrogen-bond donors (Lipinski definition) is 0. The van der Waals surface area contributed by atoms with Gasteiger partial charge in [-0.1, -0.05) is 29.8 Å². The summed E-state index contributed by atoms with van der Waals surface area (Å²) in [5.74, 6) is -0.571. The lowest BCUT2D eigenvalue weighted by Gasteiger charge is -2.43. The van der Waals surface area contributed by atoms with Crippen molar-refractivity contribution in [3.8, 4) is 0 Å². The van der Waals surface area contributed by atoms with E-state index in [-0.39, 0.29) is 35.8 Å². The van der Waals surface area contributed by atoms with Crippen molar-refractivity contribution in [2.75, 3.05) is 23.0 Å². The molecule has 2 heterocycles. The molecule has 4 rings (SSSR count). The number of benzene rings is 2. The SMILES string of the molecule is O=C1CN(Cc2ccc(F)cc2)C2CS(=O)(=O)CC2N1c1cccc(Cl)c1. The van der Waals surface area contributed by atoms with Crippen molar-refractivity contribution in [3.05, 3.63) is 64.9 Å². The first kappa shape index (κ1) is 18.4. The van der Waals surface area contributed by atoms with Crippen LogP contribution in [0.3, 0.4) is 0 Å². The van der Waals surface area contributed by atoms with Crippen LogP contribution in [0.25, 0.3) is 0 Å². The van der Waals surface area contributed by atoms with Crippen molar-refractivity contribution in [3.63, 3.8) is 0 Å². The molecule has 0 saturated carbocycles. The van der Waals surface area contributed by atoms with Crippen LogP contribution >= 0.6 is 11.6 Å². The number of halogens is 2. The Labute approximate surface area is 162 Å². The minimum absolute atomic E-state index is 0.00318. The van der Waals surface area contributed by atoms with Crippen LogP contribution in [0.5, 0.6) is 0 Å². The second-order valence-corrected chi connectivity index (χ2v) is 9.58. The fourth-order valence-electron chi connectivity index (χ4n) is 3.92. The lowest BCUT2D eigenvalue weighted by molar-refractivity contribution is -0.123. The van der Waals surface area contributed by atoms with Crippen molar-refractivity contribution in [1.82, 2.24) is 4.90 Å². The van der Waals surface area contributed by atoms with Crippen molar-refractivity contribution in [2.24, 2.45) is 0 Å². The Kier molecular flexibility index (Phi) is 4.70. The Morgan fingerprint density at radius 2 is 1.78 bits per heavy atom. The molecule has 0 bridgehead atoms. The van der Waals surface area contributed by atoms with Gasteiger partial charge in [0, 0.05) is 23.3 Å².